The maximum absolute atomic E-state index is 12.6. The van der Waals surface area contributed by atoms with Gasteiger partial charge in [0.05, 0.1) is 0 Å². The number of fused-ring (bicyclic) bond motifs is 1. The maximum atomic E-state index is 12.6. The average molecular weight is 415 g/mol. The summed E-state index contributed by atoms with van der Waals surface area (Å²) in [6, 6.07) is 7.19. The molecule has 1 aliphatic rings. The first kappa shape index (κ1) is 17.0. The monoisotopic (exact) mass is 414 g/mol. The number of carbonyl (C=O) groups excluding carboxylic acids is 1. The summed E-state index contributed by atoms with van der Waals surface area (Å²) in [4.78, 5) is 33.9. The number of rotatable bonds is 3. The number of hydrogen-bond donors (Lipinski definition) is 1. The number of aromatic amines is 1. The van der Waals surface area contributed by atoms with Crippen LogP contribution in [0.3, 0.4) is 0 Å². The highest BCUT2D eigenvalue weighted by Crippen LogP contribution is 2.32. The zero-order valence-corrected chi connectivity index (χ0v) is 15.8. The Labute approximate surface area is 159 Å². The summed E-state index contributed by atoms with van der Waals surface area (Å²) in [5.74, 6) is 0.412. The topological polar surface area (TPSA) is 71.0 Å². The first-order valence-electron chi connectivity index (χ1n) is 8.67. The summed E-state index contributed by atoms with van der Waals surface area (Å²) < 4.78 is 2.24. The lowest BCUT2D eigenvalue weighted by Gasteiger charge is -2.32. The Kier molecular flexibility index (Phi) is 4.63. The molecule has 1 N–H and O–H groups in total. The fourth-order valence-corrected chi connectivity index (χ4v) is 4.01. The highest BCUT2D eigenvalue weighted by atomic mass is 79.9. The number of aromatic nitrogens is 3. The van der Waals surface area contributed by atoms with E-state index in [9.17, 15) is 9.59 Å². The third-order valence-electron chi connectivity index (χ3n) is 5.02. The summed E-state index contributed by atoms with van der Waals surface area (Å²) in [7, 11) is 0. The lowest BCUT2D eigenvalue weighted by molar-refractivity contribution is -0.132. The number of H-pyrrole nitrogens is 1. The van der Waals surface area contributed by atoms with E-state index < -0.39 is 0 Å². The number of nitrogens with one attached hydrogen (secondary N) is 1. The Morgan fingerprint density at radius 1 is 1.27 bits per heavy atom. The van der Waals surface area contributed by atoms with Gasteiger partial charge in [-0.25, -0.2) is 4.98 Å². The van der Waals surface area contributed by atoms with E-state index in [0.29, 0.717) is 19.0 Å². The molecule has 7 heteroatoms. The van der Waals surface area contributed by atoms with E-state index in [2.05, 4.69) is 32.0 Å². The molecule has 0 atom stereocenters. The second-order valence-electron chi connectivity index (χ2n) is 6.61. The van der Waals surface area contributed by atoms with Gasteiger partial charge in [-0.3, -0.25) is 9.59 Å². The van der Waals surface area contributed by atoms with Crippen LogP contribution in [0, 0.1) is 0 Å². The highest BCUT2D eigenvalue weighted by Gasteiger charge is 2.25. The minimum atomic E-state index is -0.164. The van der Waals surface area contributed by atoms with Gasteiger partial charge in [-0.05, 0) is 58.5 Å². The SMILES string of the molecule is O=C(Cn1cc(Br)ccc1=O)N1CCC(c2c[nH]c3ncccc23)CC1. The fraction of sp³-hybridized carbons (Fsp3) is 0.316. The Balaban J connectivity index is 1.42. The van der Waals surface area contributed by atoms with Crippen molar-refractivity contribution in [1.29, 1.82) is 0 Å². The van der Waals surface area contributed by atoms with Crippen LogP contribution in [0.15, 0.2) is 52.1 Å². The Bertz CT molecular complexity index is 1000. The predicted molar refractivity (Wildman–Crippen MR) is 103 cm³/mol. The van der Waals surface area contributed by atoms with Crippen molar-refractivity contribution < 1.29 is 4.79 Å². The predicted octanol–water partition coefficient (Wildman–Crippen LogP) is 2.89. The lowest BCUT2D eigenvalue weighted by atomic mass is 9.89. The third kappa shape index (κ3) is 3.31. The van der Waals surface area contributed by atoms with E-state index >= 15 is 0 Å². The molecule has 3 aromatic rings. The molecule has 0 bridgehead atoms. The van der Waals surface area contributed by atoms with Gasteiger partial charge in [0.25, 0.3) is 5.56 Å². The number of halogens is 1. The van der Waals surface area contributed by atoms with Crippen LogP contribution in [-0.4, -0.2) is 38.4 Å². The van der Waals surface area contributed by atoms with Crippen LogP contribution in [0.2, 0.25) is 0 Å². The Morgan fingerprint density at radius 2 is 2.08 bits per heavy atom. The van der Waals surface area contributed by atoms with Gasteiger partial charge in [0, 0.05) is 47.6 Å². The largest absolute Gasteiger partial charge is 0.346 e. The standard InChI is InChI=1S/C19H19BrN4O2/c20-14-3-4-17(25)24(11-14)12-18(26)23-8-5-13(6-9-23)16-10-22-19-15(16)2-1-7-21-19/h1-4,7,10-11,13H,5-6,8-9,12H2,(H,21,22). The molecular weight excluding hydrogens is 396 g/mol. The minimum Gasteiger partial charge on any atom is -0.346 e. The van der Waals surface area contributed by atoms with E-state index in [1.54, 1.807) is 18.5 Å². The van der Waals surface area contributed by atoms with Crippen LogP contribution < -0.4 is 5.56 Å². The number of carbonyl (C=O) groups is 1. The van der Waals surface area contributed by atoms with E-state index in [1.165, 1.54) is 16.2 Å². The molecule has 4 rings (SSSR count). The molecule has 6 nitrogen and oxygen atoms in total. The molecule has 1 amide bonds. The van der Waals surface area contributed by atoms with Gasteiger partial charge < -0.3 is 14.5 Å². The fourth-order valence-electron chi connectivity index (χ4n) is 3.63. The van der Waals surface area contributed by atoms with Crippen LogP contribution in [-0.2, 0) is 11.3 Å². The van der Waals surface area contributed by atoms with Gasteiger partial charge in [-0.15, -0.1) is 0 Å². The zero-order valence-electron chi connectivity index (χ0n) is 14.2. The molecule has 0 aromatic carbocycles. The van der Waals surface area contributed by atoms with Gasteiger partial charge in [-0.2, -0.15) is 0 Å². The number of nitrogens with zero attached hydrogens (tertiary/aromatic N) is 3. The zero-order chi connectivity index (χ0) is 18.1. The molecular formula is C19H19BrN4O2. The van der Waals surface area contributed by atoms with Crippen molar-refractivity contribution in [2.24, 2.45) is 0 Å². The number of likely N-dealkylation sites (tertiary alicyclic amines) is 1. The average Bonchev–Trinajstić information content (AvgIpc) is 3.09. The second-order valence-corrected chi connectivity index (χ2v) is 7.53. The van der Waals surface area contributed by atoms with Crippen molar-refractivity contribution in [3.63, 3.8) is 0 Å². The Morgan fingerprint density at radius 3 is 2.88 bits per heavy atom. The maximum Gasteiger partial charge on any atom is 0.251 e. The molecule has 0 radical (unpaired) electrons. The van der Waals surface area contributed by atoms with Crippen LogP contribution in [0.1, 0.15) is 24.3 Å². The Hall–Kier alpha value is -2.41. The van der Waals surface area contributed by atoms with Gasteiger partial charge in [0.1, 0.15) is 12.2 Å². The summed E-state index contributed by atoms with van der Waals surface area (Å²) in [5, 5.41) is 1.16. The quantitative estimate of drug-likeness (QED) is 0.715. The van der Waals surface area contributed by atoms with Gasteiger partial charge in [-0.1, -0.05) is 0 Å². The molecule has 1 aliphatic heterocycles. The normalized spacial score (nSPS) is 15.5. The summed E-state index contributed by atoms with van der Waals surface area (Å²) >= 11 is 3.34. The number of pyridine rings is 2. The van der Waals surface area contributed by atoms with E-state index in [4.69, 9.17) is 0 Å². The van der Waals surface area contributed by atoms with Crippen molar-refractivity contribution in [3.8, 4) is 0 Å². The number of amides is 1. The van der Waals surface area contributed by atoms with E-state index in [0.717, 1.165) is 28.3 Å². The summed E-state index contributed by atoms with van der Waals surface area (Å²) in [6.07, 6.45) is 7.32. The molecule has 0 spiro atoms. The highest BCUT2D eigenvalue weighted by molar-refractivity contribution is 9.10. The van der Waals surface area contributed by atoms with Crippen LogP contribution >= 0.6 is 15.9 Å². The van der Waals surface area contributed by atoms with Crippen LogP contribution in [0.4, 0.5) is 0 Å². The van der Waals surface area contributed by atoms with E-state index in [1.807, 2.05) is 17.2 Å². The summed E-state index contributed by atoms with van der Waals surface area (Å²) in [5.41, 5.74) is 2.03. The number of piperidine rings is 1. The molecule has 26 heavy (non-hydrogen) atoms. The van der Waals surface area contributed by atoms with Crippen molar-refractivity contribution in [2.45, 2.75) is 25.3 Å². The molecule has 3 aromatic heterocycles. The molecule has 0 unspecified atom stereocenters. The first-order valence-corrected chi connectivity index (χ1v) is 9.47. The molecule has 1 saturated heterocycles. The van der Waals surface area contributed by atoms with E-state index in [-0.39, 0.29) is 18.0 Å². The van der Waals surface area contributed by atoms with Gasteiger partial charge in [0.15, 0.2) is 0 Å². The van der Waals surface area contributed by atoms with Crippen LogP contribution in [0.5, 0.6) is 0 Å². The van der Waals surface area contributed by atoms with Crippen molar-refractivity contribution >= 4 is 32.9 Å². The van der Waals surface area contributed by atoms with Gasteiger partial charge in [0.2, 0.25) is 5.91 Å². The molecule has 0 aliphatic carbocycles. The van der Waals surface area contributed by atoms with Gasteiger partial charge >= 0.3 is 0 Å². The lowest BCUT2D eigenvalue weighted by Crippen LogP contribution is -2.41. The number of hydrogen-bond acceptors (Lipinski definition) is 3. The van der Waals surface area contributed by atoms with Crippen molar-refractivity contribution in [2.75, 3.05) is 13.1 Å². The van der Waals surface area contributed by atoms with Crippen molar-refractivity contribution in [3.05, 3.63) is 63.2 Å². The first-order chi connectivity index (χ1) is 12.6. The minimum absolute atomic E-state index is 0.00996. The smallest absolute Gasteiger partial charge is 0.251 e. The molecule has 4 heterocycles. The van der Waals surface area contributed by atoms with Crippen LogP contribution in [0.25, 0.3) is 11.0 Å². The van der Waals surface area contributed by atoms with Crippen molar-refractivity contribution in [1.82, 2.24) is 19.4 Å². The molecule has 134 valence electrons. The molecule has 0 saturated carbocycles. The third-order valence-corrected chi connectivity index (χ3v) is 5.49. The summed E-state index contributed by atoms with van der Waals surface area (Å²) in [6.45, 7) is 1.50. The second kappa shape index (κ2) is 7.07. The molecule has 1 fully saturated rings.